The van der Waals surface area contributed by atoms with Crippen LogP contribution in [-0.4, -0.2) is 39.3 Å². The number of aromatic carboxylic acids is 1. The summed E-state index contributed by atoms with van der Waals surface area (Å²) < 4.78 is 61.9. The second-order valence-corrected chi connectivity index (χ2v) is 26.2. The van der Waals surface area contributed by atoms with Crippen molar-refractivity contribution < 1.29 is 57.7 Å². The number of hydrogen-bond donors (Lipinski definition) is 1. The third kappa shape index (κ3) is 13.0. The van der Waals surface area contributed by atoms with Gasteiger partial charge in [0.1, 0.15) is 43.7 Å². The van der Waals surface area contributed by atoms with Crippen LogP contribution in [0.5, 0.6) is 23.0 Å². The van der Waals surface area contributed by atoms with Gasteiger partial charge >= 0.3 is 5.97 Å². The fraction of sp³-hybridized carbons (Fsp3) is 0.0430. The molecule has 108 heavy (non-hydrogen) atoms. The summed E-state index contributed by atoms with van der Waals surface area (Å²) in [6.07, 6.45) is 2.98. The number of pyridine rings is 2. The third-order valence-electron chi connectivity index (χ3n) is 19.5. The maximum Gasteiger partial charge on any atom is 0.358 e. The van der Waals surface area contributed by atoms with Crippen LogP contribution >= 0.6 is 0 Å². The number of carbonyl (C=O) groups is 1. The molecule has 12 nitrogen and oxygen atoms in total. The minimum Gasteiger partial charge on any atom is -0.489 e. The van der Waals surface area contributed by atoms with Crippen LogP contribution in [0.15, 0.2) is 328 Å². The van der Waals surface area contributed by atoms with Gasteiger partial charge in [0, 0.05) is 116 Å². The van der Waals surface area contributed by atoms with E-state index in [1.807, 2.05) is 42.5 Å². The molecule has 0 amide bonds. The second-order valence-electron chi connectivity index (χ2n) is 26.2. The minimum atomic E-state index is -1.15. The molecule has 6 aromatic heterocycles. The Balaban J connectivity index is 0.000000512. The van der Waals surface area contributed by atoms with Crippen LogP contribution in [0.2, 0.25) is 0 Å². The van der Waals surface area contributed by atoms with E-state index in [1.165, 1.54) is 49.3 Å². The molecule has 0 aliphatic rings. The Morgan fingerprint density at radius 3 is 1.05 bits per heavy atom. The van der Waals surface area contributed by atoms with Gasteiger partial charge in [-0.2, -0.15) is 0 Å². The number of carboxylic acid groups (broad SMARTS) is 1. The van der Waals surface area contributed by atoms with Crippen molar-refractivity contribution in [3.8, 4) is 57.0 Å². The summed E-state index contributed by atoms with van der Waals surface area (Å²) in [5, 5.41) is 19.1. The van der Waals surface area contributed by atoms with Gasteiger partial charge in [0.05, 0.1) is 44.1 Å². The standard InChI is InChI=1S/C82H57N5O6.C11H6F2N.Ir/c88-82(89)81-80(34-17-39-83-81)93-49-53-35-37-61(38-36-53)90-52-56-44-62(91-50-54-40-57(84-72-26-9-1-18-64(72)65-19-2-10-27-73(65)84)46-58(41-54)85-74-28-11-3-20-66(74)67-21-4-12-29-75(67)85)48-63(45-56)92-51-55-42-59(86-76-30-13-5-22-68(76)69-23-6-14-31-77(69)86)47-60(43-55)87-78-32-15-7-24-70(78)71-25-8-16-33-79(71)87;12-8-4-5-9(10(13)7-8)11-3-1-2-6-14-11;/h1-48H,49-52H2,(H,88,89);1-4,6-7H;/q;-1;. The minimum absolute atomic E-state index is 0. The first-order valence-corrected chi connectivity index (χ1v) is 35.1. The molecule has 525 valence electrons. The van der Waals surface area contributed by atoms with Gasteiger partial charge in [-0.15, -0.1) is 12.1 Å². The van der Waals surface area contributed by atoms with Crippen molar-refractivity contribution in [1.82, 2.24) is 28.2 Å². The Kier molecular flexibility index (Phi) is 18.3. The quantitative estimate of drug-likeness (QED) is 0.0844. The summed E-state index contributed by atoms with van der Waals surface area (Å²) in [5.41, 5.74) is 17.1. The van der Waals surface area contributed by atoms with E-state index in [4.69, 9.17) is 18.9 Å². The number of halogens is 2. The van der Waals surface area contributed by atoms with Crippen LogP contribution in [0.25, 0.3) is 121 Å². The topological polar surface area (TPSA) is 120 Å². The average Bonchev–Trinajstić information content (AvgIpc) is 1.59. The van der Waals surface area contributed by atoms with Crippen molar-refractivity contribution in [3.63, 3.8) is 0 Å². The van der Waals surface area contributed by atoms with Crippen molar-refractivity contribution >= 4 is 93.2 Å². The molecule has 0 unspecified atom stereocenters. The fourth-order valence-electron chi connectivity index (χ4n) is 14.8. The molecule has 1 N–H and O–H groups in total. The molecule has 0 saturated carbocycles. The summed E-state index contributed by atoms with van der Waals surface area (Å²) in [7, 11) is 0. The summed E-state index contributed by atoms with van der Waals surface area (Å²) in [6, 6.07) is 109. The van der Waals surface area contributed by atoms with Crippen LogP contribution < -0.4 is 18.9 Å². The normalized spacial score (nSPS) is 11.4. The number of rotatable bonds is 18. The second kappa shape index (κ2) is 29.2. The predicted molar refractivity (Wildman–Crippen MR) is 420 cm³/mol. The number of para-hydroxylation sites is 8. The molecule has 19 rings (SSSR count). The maximum atomic E-state index is 13.2. The van der Waals surface area contributed by atoms with Crippen molar-refractivity contribution in [3.05, 3.63) is 373 Å². The van der Waals surface area contributed by atoms with Crippen LogP contribution in [0.4, 0.5) is 8.78 Å². The Morgan fingerprint density at radius 2 is 0.685 bits per heavy atom. The summed E-state index contributed by atoms with van der Waals surface area (Å²) in [4.78, 5) is 19.8. The van der Waals surface area contributed by atoms with Gasteiger partial charge in [-0.05, 0) is 155 Å². The molecule has 0 bridgehead atoms. The molecule has 0 saturated heterocycles. The number of fused-ring (bicyclic) bond motifs is 12. The monoisotopic (exact) mass is 1590 g/mol. The number of aromatic nitrogens is 6. The smallest absolute Gasteiger partial charge is 0.358 e. The van der Waals surface area contributed by atoms with E-state index >= 15 is 0 Å². The fourth-order valence-corrected chi connectivity index (χ4v) is 14.8. The molecule has 19 aromatic rings. The number of hydrogen-bond acceptors (Lipinski definition) is 7. The SMILES string of the molecule is Fc1c[c-]c(-c2ccccn2)c(F)c1.O=C(O)c1ncccc1OCc1ccc(OCc2cc(OCc3cc(-n4c5ccccc5c5ccccc54)cc(-n4c5ccccc5c5ccccc54)c3)cc(OCc3cc(-n4c5ccccc5c5ccccc54)cc(-n4c5ccccc5c5ccccc54)c3)c2)cc1.[Ir]. The van der Waals surface area contributed by atoms with Gasteiger partial charge in [0.15, 0.2) is 11.4 Å². The van der Waals surface area contributed by atoms with Gasteiger partial charge in [0.25, 0.3) is 0 Å². The summed E-state index contributed by atoms with van der Waals surface area (Å²) in [5.74, 6) is -0.379. The average molecular weight is 1590 g/mol. The van der Waals surface area contributed by atoms with Crippen LogP contribution in [-0.2, 0) is 46.5 Å². The van der Waals surface area contributed by atoms with E-state index in [0.717, 1.165) is 101 Å². The van der Waals surface area contributed by atoms with Gasteiger partial charge in [-0.3, -0.25) is 8.78 Å². The number of nitrogens with zero attached hydrogens (tertiary/aromatic N) is 6. The van der Waals surface area contributed by atoms with Crippen LogP contribution in [0.3, 0.4) is 0 Å². The maximum absolute atomic E-state index is 13.2. The molecule has 0 spiro atoms. The van der Waals surface area contributed by atoms with Crippen molar-refractivity contribution in [1.29, 1.82) is 0 Å². The number of benzene rings is 13. The molecule has 0 fully saturated rings. The summed E-state index contributed by atoms with van der Waals surface area (Å²) in [6.45, 7) is 0.815. The number of carboxylic acids is 1. The van der Waals surface area contributed by atoms with Crippen molar-refractivity contribution in [2.24, 2.45) is 0 Å². The van der Waals surface area contributed by atoms with Crippen molar-refractivity contribution in [2.75, 3.05) is 0 Å². The molecule has 13 aromatic carbocycles. The van der Waals surface area contributed by atoms with Crippen molar-refractivity contribution in [2.45, 2.75) is 26.4 Å². The molecule has 1 radical (unpaired) electrons. The predicted octanol–water partition coefficient (Wildman–Crippen LogP) is 22.3. The summed E-state index contributed by atoms with van der Waals surface area (Å²) >= 11 is 0. The Hall–Kier alpha value is -13.5. The first kappa shape index (κ1) is 67.7. The molecular formula is C93H63F2IrN6O6-. The first-order valence-electron chi connectivity index (χ1n) is 35.1. The van der Waals surface area contributed by atoms with E-state index in [9.17, 15) is 18.7 Å². The molecular weight excluding hydrogens is 1530 g/mol. The Bertz CT molecular complexity index is 5850. The molecule has 15 heteroatoms. The van der Waals surface area contributed by atoms with Crippen LogP contribution in [0.1, 0.15) is 32.7 Å². The zero-order valence-corrected chi connectivity index (χ0v) is 60.2. The van der Waals surface area contributed by atoms with Gasteiger partial charge in [-0.25, -0.2) is 9.78 Å². The van der Waals surface area contributed by atoms with Crippen LogP contribution in [0, 0.1) is 17.7 Å². The van der Waals surface area contributed by atoms with E-state index in [2.05, 4.69) is 265 Å². The molecule has 6 heterocycles. The zero-order chi connectivity index (χ0) is 71.9. The molecule has 0 aliphatic carbocycles. The third-order valence-corrected chi connectivity index (χ3v) is 19.5. The largest absolute Gasteiger partial charge is 0.489 e. The number of ether oxygens (including phenoxy) is 4. The molecule has 0 atom stereocenters. The van der Waals surface area contributed by atoms with E-state index in [1.54, 1.807) is 36.5 Å². The van der Waals surface area contributed by atoms with E-state index < -0.39 is 17.6 Å². The first-order chi connectivity index (χ1) is 52.7. The van der Waals surface area contributed by atoms with Gasteiger partial charge in [0.2, 0.25) is 0 Å². The van der Waals surface area contributed by atoms with E-state index in [-0.39, 0.29) is 63.5 Å². The Morgan fingerprint density at radius 1 is 0.343 bits per heavy atom. The molecule has 0 aliphatic heterocycles. The Labute approximate surface area is 632 Å². The van der Waals surface area contributed by atoms with Gasteiger partial charge < -0.3 is 47.3 Å². The van der Waals surface area contributed by atoms with Gasteiger partial charge in [-0.1, -0.05) is 181 Å². The van der Waals surface area contributed by atoms with E-state index in [0.29, 0.717) is 22.9 Å². The zero-order valence-electron chi connectivity index (χ0n) is 57.8.